The average Bonchev–Trinajstić information content (AvgIpc) is 2.73. The van der Waals surface area contributed by atoms with Crippen molar-refractivity contribution in [2.24, 2.45) is 5.73 Å². The third kappa shape index (κ3) is 2.06. The number of ether oxygens (including phenoxy) is 1. The van der Waals surface area contributed by atoms with Crippen molar-refractivity contribution in [3.63, 3.8) is 0 Å². The van der Waals surface area contributed by atoms with Crippen LogP contribution in [-0.4, -0.2) is 18.2 Å². The molecule has 0 saturated carbocycles. The monoisotopic (exact) mass is 268 g/mol. The predicted octanol–water partition coefficient (Wildman–Crippen LogP) is 2.91. The Hall–Kier alpha value is -0.680. The number of nitrogens with two attached hydrogens (primary N) is 1. The molecule has 2 N–H and O–H groups in total. The van der Waals surface area contributed by atoms with E-state index in [9.17, 15) is 0 Å². The van der Waals surface area contributed by atoms with Crippen LogP contribution in [0.15, 0.2) is 18.2 Å². The Kier molecular flexibility index (Phi) is 2.83. The van der Waals surface area contributed by atoms with E-state index in [2.05, 4.69) is 4.98 Å². The zero-order chi connectivity index (χ0) is 11.9. The standard InChI is InChI=1S/C12H13ClN2OS/c13-8-1-2-10-9(7-8)15-11(17-10)12(14)3-5-16-6-4-12/h1-2,7H,3-6,14H2. The Labute approximate surface area is 109 Å². The summed E-state index contributed by atoms with van der Waals surface area (Å²) in [6.45, 7) is 1.43. The van der Waals surface area contributed by atoms with Crippen LogP contribution in [0.2, 0.25) is 5.02 Å². The van der Waals surface area contributed by atoms with Gasteiger partial charge in [0.1, 0.15) is 5.01 Å². The second kappa shape index (κ2) is 4.21. The molecule has 2 heterocycles. The molecule has 3 nitrogen and oxygen atoms in total. The number of nitrogens with zero attached hydrogens (tertiary/aromatic N) is 1. The number of aromatic nitrogens is 1. The third-order valence-corrected chi connectivity index (χ3v) is 4.65. The van der Waals surface area contributed by atoms with Crippen molar-refractivity contribution in [2.45, 2.75) is 18.4 Å². The van der Waals surface area contributed by atoms with E-state index in [4.69, 9.17) is 22.1 Å². The zero-order valence-corrected chi connectivity index (χ0v) is 10.9. The van der Waals surface area contributed by atoms with Gasteiger partial charge in [-0.3, -0.25) is 0 Å². The fourth-order valence-corrected chi connectivity index (χ4v) is 3.33. The molecule has 5 heteroatoms. The number of thiazole rings is 1. The summed E-state index contributed by atoms with van der Waals surface area (Å²) in [4.78, 5) is 4.62. The molecule has 1 fully saturated rings. The molecule has 1 aliphatic heterocycles. The van der Waals surface area contributed by atoms with E-state index < -0.39 is 0 Å². The number of benzene rings is 1. The summed E-state index contributed by atoms with van der Waals surface area (Å²) >= 11 is 7.62. The maximum Gasteiger partial charge on any atom is 0.114 e. The molecule has 0 atom stereocenters. The fraction of sp³-hybridized carbons (Fsp3) is 0.417. The van der Waals surface area contributed by atoms with Gasteiger partial charge in [-0.1, -0.05) is 11.6 Å². The molecule has 1 aliphatic rings. The second-order valence-corrected chi connectivity index (χ2v) is 5.87. The summed E-state index contributed by atoms with van der Waals surface area (Å²) in [6, 6.07) is 5.78. The quantitative estimate of drug-likeness (QED) is 0.865. The van der Waals surface area contributed by atoms with Crippen LogP contribution in [0.3, 0.4) is 0 Å². The summed E-state index contributed by atoms with van der Waals surface area (Å²) in [5.74, 6) is 0. The first-order valence-electron chi connectivity index (χ1n) is 5.61. The lowest BCUT2D eigenvalue weighted by Gasteiger charge is -2.31. The Morgan fingerprint density at radius 3 is 2.88 bits per heavy atom. The van der Waals surface area contributed by atoms with Crippen LogP contribution >= 0.6 is 22.9 Å². The van der Waals surface area contributed by atoms with Gasteiger partial charge in [0.15, 0.2) is 0 Å². The van der Waals surface area contributed by atoms with Crippen LogP contribution in [0.4, 0.5) is 0 Å². The van der Waals surface area contributed by atoms with Crippen molar-refractivity contribution in [1.82, 2.24) is 4.98 Å². The Morgan fingerprint density at radius 1 is 1.35 bits per heavy atom. The summed E-state index contributed by atoms with van der Waals surface area (Å²) < 4.78 is 6.49. The molecule has 17 heavy (non-hydrogen) atoms. The predicted molar refractivity (Wildman–Crippen MR) is 70.5 cm³/mol. The topological polar surface area (TPSA) is 48.1 Å². The molecular formula is C12H13ClN2OS. The maximum absolute atomic E-state index is 6.42. The Morgan fingerprint density at radius 2 is 2.12 bits per heavy atom. The van der Waals surface area contributed by atoms with Crippen LogP contribution in [0.25, 0.3) is 10.2 Å². The average molecular weight is 269 g/mol. The largest absolute Gasteiger partial charge is 0.381 e. The number of rotatable bonds is 1. The van der Waals surface area contributed by atoms with Crippen LogP contribution < -0.4 is 5.73 Å². The third-order valence-electron chi connectivity index (χ3n) is 3.16. The SMILES string of the molecule is NC1(c2nc3cc(Cl)ccc3s2)CCOCC1. The van der Waals surface area contributed by atoms with Crippen molar-refractivity contribution in [2.75, 3.05) is 13.2 Å². The molecule has 90 valence electrons. The smallest absolute Gasteiger partial charge is 0.114 e. The van der Waals surface area contributed by atoms with Gasteiger partial charge in [-0.2, -0.15) is 0 Å². The fourth-order valence-electron chi connectivity index (χ4n) is 2.06. The highest BCUT2D eigenvalue weighted by atomic mass is 35.5. The van der Waals surface area contributed by atoms with E-state index in [1.165, 1.54) is 0 Å². The molecule has 0 aliphatic carbocycles. The number of fused-ring (bicyclic) bond motifs is 1. The maximum atomic E-state index is 6.42. The second-order valence-electron chi connectivity index (χ2n) is 4.40. The Balaban J connectivity index is 2.05. The van der Waals surface area contributed by atoms with Gasteiger partial charge >= 0.3 is 0 Å². The van der Waals surface area contributed by atoms with Crippen LogP contribution in [0.1, 0.15) is 17.8 Å². The molecule has 0 amide bonds. The highest BCUT2D eigenvalue weighted by Crippen LogP contribution is 2.35. The molecule has 3 rings (SSSR count). The molecule has 2 aromatic rings. The van der Waals surface area contributed by atoms with Crippen molar-refractivity contribution in [3.05, 3.63) is 28.2 Å². The highest BCUT2D eigenvalue weighted by molar-refractivity contribution is 7.18. The van der Waals surface area contributed by atoms with Crippen molar-refractivity contribution in [1.29, 1.82) is 0 Å². The van der Waals surface area contributed by atoms with Crippen LogP contribution in [-0.2, 0) is 10.3 Å². The van der Waals surface area contributed by atoms with E-state index >= 15 is 0 Å². The van der Waals surface area contributed by atoms with Gasteiger partial charge in [-0.05, 0) is 31.0 Å². The number of hydrogen-bond acceptors (Lipinski definition) is 4. The summed E-state index contributed by atoms with van der Waals surface area (Å²) in [5.41, 5.74) is 7.03. The highest BCUT2D eigenvalue weighted by Gasteiger charge is 2.33. The first-order valence-corrected chi connectivity index (χ1v) is 6.80. The Bertz CT molecular complexity index is 548. The van der Waals surface area contributed by atoms with Gasteiger partial charge in [0, 0.05) is 18.2 Å². The molecule has 0 radical (unpaired) electrons. The lowest BCUT2D eigenvalue weighted by Crippen LogP contribution is -2.42. The minimum atomic E-state index is -0.325. The first-order chi connectivity index (χ1) is 8.17. The lowest BCUT2D eigenvalue weighted by atomic mass is 9.92. The number of halogens is 1. The number of hydrogen-bond donors (Lipinski definition) is 1. The van der Waals surface area contributed by atoms with E-state index in [0.717, 1.165) is 28.1 Å². The molecule has 1 aromatic carbocycles. The summed E-state index contributed by atoms with van der Waals surface area (Å²) in [6.07, 6.45) is 1.67. The first kappa shape index (κ1) is 11.4. The van der Waals surface area contributed by atoms with Crippen LogP contribution in [0, 0.1) is 0 Å². The molecule has 1 saturated heterocycles. The van der Waals surface area contributed by atoms with Crippen molar-refractivity contribution in [3.8, 4) is 0 Å². The molecule has 0 bridgehead atoms. The van der Waals surface area contributed by atoms with E-state index in [1.807, 2.05) is 18.2 Å². The van der Waals surface area contributed by atoms with E-state index in [-0.39, 0.29) is 5.54 Å². The normalized spacial score (nSPS) is 19.6. The molecular weight excluding hydrogens is 256 g/mol. The van der Waals surface area contributed by atoms with E-state index in [0.29, 0.717) is 18.2 Å². The van der Waals surface area contributed by atoms with Crippen LogP contribution in [0.5, 0.6) is 0 Å². The minimum absolute atomic E-state index is 0.325. The van der Waals surface area contributed by atoms with Gasteiger partial charge in [0.05, 0.1) is 15.8 Å². The lowest BCUT2D eigenvalue weighted by molar-refractivity contribution is 0.0522. The summed E-state index contributed by atoms with van der Waals surface area (Å²) in [5, 5.41) is 1.71. The minimum Gasteiger partial charge on any atom is -0.381 e. The zero-order valence-electron chi connectivity index (χ0n) is 9.28. The summed E-state index contributed by atoms with van der Waals surface area (Å²) in [7, 11) is 0. The molecule has 1 aromatic heterocycles. The van der Waals surface area contributed by atoms with Gasteiger partial charge in [0.2, 0.25) is 0 Å². The van der Waals surface area contributed by atoms with Crippen molar-refractivity contribution < 1.29 is 4.74 Å². The van der Waals surface area contributed by atoms with Gasteiger partial charge in [-0.25, -0.2) is 4.98 Å². The van der Waals surface area contributed by atoms with Gasteiger partial charge in [0.25, 0.3) is 0 Å². The van der Waals surface area contributed by atoms with E-state index in [1.54, 1.807) is 11.3 Å². The van der Waals surface area contributed by atoms with Gasteiger partial charge < -0.3 is 10.5 Å². The van der Waals surface area contributed by atoms with Gasteiger partial charge in [-0.15, -0.1) is 11.3 Å². The molecule has 0 spiro atoms. The van der Waals surface area contributed by atoms with Crippen molar-refractivity contribution >= 4 is 33.2 Å². The molecule has 0 unspecified atom stereocenters.